The Morgan fingerprint density at radius 2 is 1.50 bits per heavy atom. The van der Waals surface area contributed by atoms with Gasteiger partial charge in [0.15, 0.2) is 0 Å². The molecule has 0 heterocycles. The highest BCUT2D eigenvalue weighted by molar-refractivity contribution is 7.92. The second-order valence-electron chi connectivity index (χ2n) is 5.29. The van der Waals surface area contributed by atoms with Crippen molar-refractivity contribution in [2.45, 2.75) is 4.90 Å². The molecule has 0 radical (unpaired) electrons. The van der Waals surface area contributed by atoms with E-state index in [1.807, 2.05) is 6.07 Å². The highest BCUT2D eigenvalue weighted by Crippen LogP contribution is 2.28. The highest BCUT2D eigenvalue weighted by Gasteiger charge is 2.19. The van der Waals surface area contributed by atoms with Crippen LogP contribution in [-0.2, 0) is 10.0 Å². The molecular weight excluding hydrogens is 374 g/mol. The van der Waals surface area contributed by atoms with Crippen molar-refractivity contribution in [3.63, 3.8) is 0 Å². The maximum atomic E-state index is 12.5. The number of nitrogens with zero attached hydrogens (tertiary/aromatic N) is 2. The van der Waals surface area contributed by atoms with Crippen molar-refractivity contribution >= 4 is 38.7 Å². The number of rotatable bonds is 5. The Morgan fingerprint density at radius 3 is 2.19 bits per heavy atom. The van der Waals surface area contributed by atoms with Crippen LogP contribution in [0.25, 0.3) is 0 Å². The molecule has 0 saturated carbocycles. The van der Waals surface area contributed by atoms with Crippen molar-refractivity contribution in [3.8, 4) is 0 Å². The summed E-state index contributed by atoms with van der Waals surface area (Å²) in [7, 11) is -3.87. The maximum absolute atomic E-state index is 12.5. The number of sulfonamides is 1. The van der Waals surface area contributed by atoms with Gasteiger partial charge in [0, 0.05) is 16.2 Å². The molecule has 1 N–H and O–H groups in total. The summed E-state index contributed by atoms with van der Waals surface area (Å²) in [5, 5.41) is 16.8. The number of hydrogen-bond donors (Lipinski definition) is 1. The van der Waals surface area contributed by atoms with Crippen LogP contribution in [0.4, 0.5) is 17.1 Å². The van der Waals surface area contributed by atoms with Crippen LogP contribution in [-0.4, -0.2) is 13.3 Å². The standard InChI is InChI=1S/C18H14ClN3O3S/c19-14-10-12-16(13-11-14)26(24,25)21-17-8-4-5-9-18(17)22(23)20-15-6-2-1-3-7-15/h1-13,21H. The molecule has 3 rings (SSSR count). The SMILES string of the molecule is O=S(=O)(Nc1ccccc1[N+]([O-])=Nc1ccccc1)c1ccc(Cl)cc1. The summed E-state index contributed by atoms with van der Waals surface area (Å²) in [6.45, 7) is 0. The Hall–Kier alpha value is -2.90. The van der Waals surface area contributed by atoms with Crippen molar-refractivity contribution in [1.29, 1.82) is 0 Å². The molecule has 0 fully saturated rings. The van der Waals surface area contributed by atoms with E-state index in [0.29, 0.717) is 15.6 Å². The third kappa shape index (κ3) is 4.19. The van der Waals surface area contributed by atoms with E-state index in [0.717, 1.165) is 0 Å². The van der Waals surface area contributed by atoms with Gasteiger partial charge in [-0.1, -0.05) is 41.9 Å². The van der Waals surface area contributed by atoms with E-state index < -0.39 is 10.0 Å². The lowest BCUT2D eigenvalue weighted by molar-refractivity contribution is -0.434. The van der Waals surface area contributed by atoms with Gasteiger partial charge in [0.05, 0.1) is 4.90 Å². The maximum Gasteiger partial charge on any atom is 0.268 e. The molecule has 0 spiro atoms. The van der Waals surface area contributed by atoms with Gasteiger partial charge in [-0.25, -0.2) is 8.42 Å². The van der Waals surface area contributed by atoms with Gasteiger partial charge in [-0.15, -0.1) is 0 Å². The van der Waals surface area contributed by atoms with E-state index in [-0.39, 0.29) is 16.3 Å². The molecule has 8 heteroatoms. The van der Waals surface area contributed by atoms with Crippen LogP contribution in [0.3, 0.4) is 0 Å². The highest BCUT2D eigenvalue weighted by atomic mass is 35.5. The number of halogens is 1. The molecular formula is C18H14ClN3O3S. The van der Waals surface area contributed by atoms with Gasteiger partial charge in [-0.2, -0.15) is 0 Å². The summed E-state index contributed by atoms with van der Waals surface area (Å²) in [5.41, 5.74) is 0.656. The number of anilines is 1. The molecule has 132 valence electrons. The van der Waals surface area contributed by atoms with Gasteiger partial charge in [0.1, 0.15) is 11.4 Å². The minimum Gasteiger partial charge on any atom is -0.594 e. The number of azo groups is 1. The normalized spacial score (nSPS) is 12.0. The third-order valence-electron chi connectivity index (χ3n) is 3.44. The second-order valence-corrected chi connectivity index (χ2v) is 7.40. The summed E-state index contributed by atoms with van der Waals surface area (Å²) in [4.78, 5) is 0.420. The zero-order valence-electron chi connectivity index (χ0n) is 13.4. The summed E-state index contributed by atoms with van der Waals surface area (Å²) >= 11 is 5.79. The van der Waals surface area contributed by atoms with Gasteiger partial charge < -0.3 is 5.21 Å². The van der Waals surface area contributed by atoms with Gasteiger partial charge in [-0.3, -0.25) is 4.72 Å². The second kappa shape index (κ2) is 7.55. The molecule has 0 aliphatic heterocycles. The first-order valence-electron chi connectivity index (χ1n) is 7.57. The number of hydrogen-bond acceptors (Lipinski definition) is 4. The first-order chi connectivity index (χ1) is 12.5. The number of para-hydroxylation sites is 2. The van der Waals surface area contributed by atoms with Gasteiger partial charge >= 0.3 is 0 Å². The Labute approximate surface area is 156 Å². The molecule has 0 aliphatic carbocycles. The molecule has 0 aromatic heterocycles. The van der Waals surface area contributed by atoms with Gasteiger partial charge in [-0.05, 0) is 47.3 Å². The quantitative estimate of drug-likeness (QED) is 0.377. The molecule has 0 bridgehead atoms. The topological polar surface area (TPSA) is 84.6 Å². The fourth-order valence-electron chi connectivity index (χ4n) is 2.20. The van der Waals surface area contributed by atoms with E-state index in [9.17, 15) is 13.6 Å². The number of benzene rings is 3. The van der Waals surface area contributed by atoms with Crippen LogP contribution >= 0.6 is 11.6 Å². The fourth-order valence-corrected chi connectivity index (χ4v) is 3.40. The summed E-state index contributed by atoms with van der Waals surface area (Å²) in [6, 6.07) is 20.6. The summed E-state index contributed by atoms with van der Waals surface area (Å²) in [6.07, 6.45) is 0. The lowest BCUT2D eigenvalue weighted by Gasteiger charge is -2.10. The average molecular weight is 388 g/mol. The van der Waals surface area contributed by atoms with E-state index in [2.05, 4.69) is 9.84 Å². The largest absolute Gasteiger partial charge is 0.594 e. The Balaban J connectivity index is 1.95. The van der Waals surface area contributed by atoms with Crippen molar-refractivity contribution in [2.24, 2.45) is 5.11 Å². The first-order valence-corrected chi connectivity index (χ1v) is 9.43. The zero-order chi connectivity index (χ0) is 18.6. The molecule has 0 amide bonds. The van der Waals surface area contributed by atoms with E-state index in [1.165, 1.54) is 36.4 Å². The van der Waals surface area contributed by atoms with Crippen molar-refractivity contribution in [1.82, 2.24) is 0 Å². The van der Waals surface area contributed by atoms with Gasteiger partial charge in [0.2, 0.25) is 0 Å². The average Bonchev–Trinajstić information content (AvgIpc) is 2.63. The summed E-state index contributed by atoms with van der Waals surface area (Å²) in [5.74, 6) is 0. The van der Waals surface area contributed by atoms with E-state index >= 15 is 0 Å². The molecule has 6 nitrogen and oxygen atoms in total. The number of nitrogens with one attached hydrogen (secondary N) is 1. The van der Waals surface area contributed by atoms with Crippen LogP contribution in [0, 0.1) is 5.21 Å². The minimum atomic E-state index is -3.87. The van der Waals surface area contributed by atoms with Crippen LogP contribution in [0.5, 0.6) is 0 Å². The Morgan fingerprint density at radius 1 is 0.885 bits per heavy atom. The molecule has 26 heavy (non-hydrogen) atoms. The lowest BCUT2D eigenvalue weighted by atomic mass is 10.3. The first kappa shape index (κ1) is 17.9. The van der Waals surface area contributed by atoms with Crippen molar-refractivity contribution in [2.75, 3.05) is 4.72 Å². The molecule has 3 aromatic carbocycles. The van der Waals surface area contributed by atoms with E-state index in [4.69, 9.17) is 11.6 Å². The Kier molecular flexibility index (Phi) is 5.20. The smallest absolute Gasteiger partial charge is 0.268 e. The predicted octanol–water partition coefficient (Wildman–Crippen LogP) is 5.07. The van der Waals surface area contributed by atoms with Crippen LogP contribution in [0.1, 0.15) is 0 Å². The monoisotopic (exact) mass is 387 g/mol. The molecule has 3 aromatic rings. The molecule has 0 unspecified atom stereocenters. The third-order valence-corrected chi connectivity index (χ3v) is 5.07. The van der Waals surface area contributed by atoms with Crippen LogP contribution in [0.2, 0.25) is 5.02 Å². The molecule has 0 saturated heterocycles. The van der Waals surface area contributed by atoms with Crippen LogP contribution < -0.4 is 4.72 Å². The van der Waals surface area contributed by atoms with Crippen molar-refractivity contribution < 1.29 is 13.3 Å². The Bertz CT molecular complexity index is 1040. The van der Waals surface area contributed by atoms with Gasteiger partial charge in [0.25, 0.3) is 15.7 Å². The molecule has 0 atom stereocenters. The van der Waals surface area contributed by atoms with Crippen LogP contribution in [0.15, 0.2) is 88.9 Å². The lowest BCUT2D eigenvalue weighted by Crippen LogP contribution is -2.14. The molecule has 0 aliphatic rings. The predicted molar refractivity (Wildman–Crippen MR) is 101 cm³/mol. The minimum absolute atomic E-state index is 0.0363. The summed E-state index contributed by atoms with van der Waals surface area (Å²) < 4.78 is 27.5. The fraction of sp³-hybridized carbons (Fsp3) is 0. The van der Waals surface area contributed by atoms with E-state index in [1.54, 1.807) is 36.4 Å². The van der Waals surface area contributed by atoms with Crippen molar-refractivity contribution in [3.05, 3.63) is 89.1 Å². The zero-order valence-corrected chi connectivity index (χ0v) is 15.0.